The number of fused-ring (bicyclic) bond motifs is 2. The fourth-order valence-corrected chi connectivity index (χ4v) is 5.82. The Bertz CT molecular complexity index is 1560. The Kier molecular flexibility index (Phi) is 6.26. The molecule has 38 heavy (non-hydrogen) atoms. The standard InChI is InChI=1S/C29H28N6O3/c1-38-25-13-23-29(32-28(25)21-7-3-5-18-4-2-6-20(18)21)27(34-33-23)19-8-9-22(31-15-19)24-12-17(14-30)10-11-35(24)26(37)16-36/h3,5,7-9,13,15,17,24,36H,2,4,6,10-12,16H2,1H3,(H,33,34). The van der Waals surface area contributed by atoms with Gasteiger partial charge in [0.2, 0.25) is 5.91 Å². The maximum absolute atomic E-state index is 12.4. The van der Waals surface area contributed by atoms with Crippen molar-refractivity contribution >= 4 is 16.9 Å². The molecule has 0 saturated carbocycles. The highest BCUT2D eigenvalue weighted by atomic mass is 16.5. The van der Waals surface area contributed by atoms with E-state index >= 15 is 0 Å². The minimum absolute atomic E-state index is 0.156. The average molecular weight is 509 g/mol. The minimum Gasteiger partial charge on any atom is -0.494 e. The topological polar surface area (TPSA) is 128 Å². The van der Waals surface area contributed by atoms with Gasteiger partial charge in [0.05, 0.1) is 36.3 Å². The van der Waals surface area contributed by atoms with Crippen molar-refractivity contribution in [3.8, 4) is 34.3 Å². The van der Waals surface area contributed by atoms with Crippen LogP contribution in [0, 0.1) is 17.2 Å². The van der Waals surface area contributed by atoms with Gasteiger partial charge in [-0.1, -0.05) is 18.2 Å². The molecule has 1 aromatic carbocycles. The third-order valence-electron chi connectivity index (χ3n) is 7.76. The number of aryl methyl sites for hydroxylation is 1. The fraction of sp³-hybridized carbons (Fsp3) is 0.345. The number of hydrogen-bond donors (Lipinski definition) is 2. The predicted octanol–water partition coefficient (Wildman–Crippen LogP) is 3.98. The van der Waals surface area contributed by atoms with Crippen molar-refractivity contribution in [2.75, 3.05) is 20.3 Å². The normalized spacial score (nSPS) is 18.8. The van der Waals surface area contributed by atoms with Crippen molar-refractivity contribution in [3.63, 3.8) is 0 Å². The van der Waals surface area contributed by atoms with Crippen LogP contribution in [-0.2, 0) is 17.6 Å². The molecule has 1 fully saturated rings. The maximum atomic E-state index is 12.4. The predicted molar refractivity (Wildman–Crippen MR) is 141 cm³/mol. The molecule has 1 amide bonds. The molecule has 2 aliphatic rings. The van der Waals surface area contributed by atoms with Crippen LogP contribution in [0.25, 0.3) is 33.5 Å². The summed E-state index contributed by atoms with van der Waals surface area (Å²) >= 11 is 0. The van der Waals surface area contributed by atoms with Gasteiger partial charge in [-0.05, 0) is 55.4 Å². The molecule has 0 spiro atoms. The number of carbonyl (C=O) groups excluding carboxylic acids is 1. The Morgan fingerprint density at radius 1 is 1.26 bits per heavy atom. The molecule has 192 valence electrons. The van der Waals surface area contributed by atoms with E-state index in [0.717, 1.165) is 47.1 Å². The molecule has 1 saturated heterocycles. The SMILES string of the molecule is COc1cc2[nH]nc(-c3ccc(C4CC(C#N)CCN4C(=O)CO)nc3)c2nc1-c1cccc2c1CCC2. The quantitative estimate of drug-likeness (QED) is 0.417. The first-order valence-electron chi connectivity index (χ1n) is 12.9. The summed E-state index contributed by atoms with van der Waals surface area (Å²) < 4.78 is 5.73. The molecule has 6 rings (SSSR count). The first-order valence-corrected chi connectivity index (χ1v) is 12.9. The number of aromatic nitrogens is 4. The van der Waals surface area contributed by atoms with Crippen LogP contribution in [-0.4, -0.2) is 56.3 Å². The van der Waals surface area contributed by atoms with E-state index in [2.05, 4.69) is 39.4 Å². The van der Waals surface area contributed by atoms with Crippen molar-refractivity contribution in [1.29, 1.82) is 5.26 Å². The molecule has 1 aliphatic carbocycles. The van der Waals surface area contributed by atoms with Gasteiger partial charge in [-0.2, -0.15) is 10.4 Å². The highest BCUT2D eigenvalue weighted by molar-refractivity contribution is 5.93. The zero-order valence-corrected chi connectivity index (χ0v) is 21.1. The Labute approximate surface area is 220 Å². The summed E-state index contributed by atoms with van der Waals surface area (Å²) in [4.78, 5) is 23.7. The molecule has 0 bridgehead atoms. The van der Waals surface area contributed by atoms with Crippen molar-refractivity contribution in [2.24, 2.45) is 5.92 Å². The molecular formula is C29H28N6O3. The number of nitrogens with zero attached hydrogens (tertiary/aromatic N) is 5. The molecule has 4 aromatic rings. The van der Waals surface area contributed by atoms with E-state index in [9.17, 15) is 15.2 Å². The molecule has 9 heteroatoms. The molecule has 0 radical (unpaired) electrons. The van der Waals surface area contributed by atoms with Gasteiger partial charge >= 0.3 is 0 Å². The van der Waals surface area contributed by atoms with E-state index in [4.69, 9.17) is 9.72 Å². The number of methoxy groups -OCH3 is 1. The van der Waals surface area contributed by atoms with E-state index in [0.29, 0.717) is 36.5 Å². The number of likely N-dealkylation sites (tertiary alicyclic amines) is 1. The molecule has 1 aliphatic heterocycles. The summed E-state index contributed by atoms with van der Waals surface area (Å²) in [6.07, 6.45) is 6.07. The number of ether oxygens (including phenoxy) is 1. The second-order valence-electron chi connectivity index (χ2n) is 9.89. The first kappa shape index (κ1) is 24.1. The lowest BCUT2D eigenvalue weighted by atomic mass is 9.89. The molecular weight excluding hydrogens is 480 g/mol. The van der Waals surface area contributed by atoms with Crippen LogP contribution in [0.2, 0.25) is 0 Å². The van der Waals surface area contributed by atoms with Gasteiger partial charge in [0, 0.05) is 29.9 Å². The molecule has 4 heterocycles. The van der Waals surface area contributed by atoms with Crippen LogP contribution < -0.4 is 4.74 Å². The van der Waals surface area contributed by atoms with Crippen molar-refractivity contribution in [1.82, 2.24) is 25.1 Å². The summed E-state index contributed by atoms with van der Waals surface area (Å²) in [7, 11) is 1.66. The average Bonchev–Trinajstić information content (AvgIpc) is 3.62. The number of aromatic amines is 1. The number of rotatable bonds is 5. The zero-order chi connectivity index (χ0) is 26.2. The number of H-pyrrole nitrogens is 1. The van der Waals surface area contributed by atoms with Crippen molar-refractivity contribution in [2.45, 2.75) is 38.1 Å². The molecule has 2 N–H and O–H groups in total. The summed E-state index contributed by atoms with van der Waals surface area (Å²) in [5.74, 6) is 0.185. The number of pyridine rings is 2. The van der Waals surface area contributed by atoms with Crippen LogP contribution in [0.1, 0.15) is 42.1 Å². The molecule has 9 nitrogen and oxygen atoms in total. The molecule has 2 atom stereocenters. The molecule has 2 unspecified atom stereocenters. The summed E-state index contributed by atoms with van der Waals surface area (Å²) in [6.45, 7) is -0.138. The van der Waals surface area contributed by atoms with Gasteiger partial charge in [0.15, 0.2) is 0 Å². The smallest absolute Gasteiger partial charge is 0.248 e. The Morgan fingerprint density at radius 2 is 2.16 bits per heavy atom. The van der Waals surface area contributed by atoms with Crippen molar-refractivity contribution in [3.05, 3.63) is 59.4 Å². The van der Waals surface area contributed by atoms with Crippen LogP contribution in [0.3, 0.4) is 0 Å². The highest BCUT2D eigenvalue weighted by Crippen LogP contribution is 2.39. The second-order valence-corrected chi connectivity index (χ2v) is 9.89. The van der Waals surface area contributed by atoms with Gasteiger partial charge in [0.25, 0.3) is 0 Å². The first-order chi connectivity index (χ1) is 18.6. The fourth-order valence-electron chi connectivity index (χ4n) is 5.82. The Hall–Kier alpha value is -4.29. The third-order valence-corrected chi connectivity index (χ3v) is 7.76. The lowest BCUT2D eigenvalue weighted by Gasteiger charge is -2.37. The third kappa shape index (κ3) is 4.07. The number of hydrogen-bond acceptors (Lipinski definition) is 7. The number of amides is 1. The van der Waals surface area contributed by atoms with Gasteiger partial charge in [-0.25, -0.2) is 4.98 Å². The van der Waals surface area contributed by atoms with Crippen LogP contribution in [0.15, 0.2) is 42.6 Å². The second kappa shape index (κ2) is 9.88. The van der Waals surface area contributed by atoms with Crippen molar-refractivity contribution < 1.29 is 14.6 Å². The molecule has 3 aromatic heterocycles. The summed E-state index contributed by atoms with van der Waals surface area (Å²) in [5, 5.41) is 26.5. The number of benzene rings is 1. The summed E-state index contributed by atoms with van der Waals surface area (Å²) in [5.41, 5.74) is 8.24. The number of piperidine rings is 1. The summed E-state index contributed by atoms with van der Waals surface area (Å²) in [6, 6.07) is 14.1. The van der Waals surface area contributed by atoms with E-state index < -0.39 is 6.61 Å². The number of nitriles is 1. The van der Waals surface area contributed by atoms with Crippen LogP contribution >= 0.6 is 0 Å². The van der Waals surface area contributed by atoms with Gasteiger partial charge in [-0.15, -0.1) is 0 Å². The van der Waals surface area contributed by atoms with Gasteiger partial charge < -0.3 is 14.7 Å². The highest BCUT2D eigenvalue weighted by Gasteiger charge is 2.33. The number of carbonyl (C=O) groups is 1. The van der Waals surface area contributed by atoms with Gasteiger partial charge in [-0.3, -0.25) is 14.9 Å². The number of aliphatic hydroxyl groups excluding tert-OH is 1. The van der Waals surface area contributed by atoms with E-state index in [1.54, 1.807) is 18.2 Å². The van der Waals surface area contributed by atoms with Gasteiger partial charge in [0.1, 0.15) is 29.3 Å². The number of nitrogens with one attached hydrogen (secondary N) is 1. The Balaban J connectivity index is 1.38. The Morgan fingerprint density at radius 3 is 2.92 bits per heavy atom. The van der Waals surface area contributed by atoms with E-state index in [-0.39, 0.29) is 17.9 Å². The number of aliphatic hydroxyl groups is 1. The largest absolute Gasteiger partial charge is 0.494 e. The van der Waals surface area contributed by atoms with E-state index in [1.807, 2.05) is 18.2 Å². The monoisotopic (exact) mass is 508 g/mol. The maximum Gasteiger partial charge on any atom is 0.248 e. The minimum atomic E-state index is -0.562. The van der Waals surface area contributed by atoms with Crippen LogP contribution in [0.4, 0.5) is 0 Å². The zero-order valence-electron chi connectivity index (χ0n) is 21.1. The van der Waals surface area contributed by atoms with Crippen LogP contribution in [0.5, 0.6) is 5.75 Å². The van der Waals surface area contributed by atoms with E-state index in [1.165, 1.54) is 11.1 Å². The lowest BCUT2D eigenvalue weighted by molar-refractivity contribution is -0.138. The lowest BCUT2D eigenvalue weighted by Crippen LogP contribution is -2.42.